The van der Waals surface area contributed by atoms with Crippen molar-refractivity contribution >= 4 is 40.4 Å². The van der Waals surface area contributed by atoms with Gasteiger partial charge < -0.3 is 15.1 Å². The molecule has 0 radical (unpaired) electrons. The smallest absolute Gasteiger partial charge is 0.411 e. The molecule has 1 amide bonds. The van der Waals surface area contributed by atoms with E-state index in [2.05, 4.69) is 4.98 Å². The Balaban J connectivity index is 0.00000341. The van der Waals surface area contributed by atoms with E-state index in [1.165, 1.54) is 13.1 Å². The molecular weight excluding hydrogens is 464 g/mol. The number of hydrogen-bond acceptors (Lipinski definition) is 5. The Labute approximate surface area is 191 Å². The average molecular weight is 491 g/mol. The number of benzene rings is 1. The van der Waals surface area contributed by atoms with Crippen LogP contribution < -0.4 is 4.90 Å². The molecule has 2 aromatic rings. The molecule has 0 saturated heterocycles. The number of aryl methyl sites for hydroxylation is 1. The zero-order valence-corrected chi connectivity index (χ0v) is 19.9. The maximum atomic E-state index is 13.1. The molecule has 1 aliphatic rings. The molecule has 2 heterocycles. The van der Waals surface area contributed by atoms with E-state index in [9.17, 15) is 19.8 Å². The molecule has 0 saturated carbocycles. The highest BCUT2D eigenvalue weighted by molar-refractivity contribution is 8.93. The molecule has 0 atom stereocenters. The third kappa shape index (κ3) is 4.71. The third-order valence-electron chi connectivity index (χ3n) is 5.22. The van der Waals surface area contributed by atoms with Gasteiger partial charge in [0.05, 0.1) is 12.2 Å². The van der Waals surface area contributed by atoms with Crippen LogP contribution in [0.5, 0.6) is 5.75 Å². The summed E-state index contributed by atoms with van der Waals surface area (Å²) in [6, 6.07) is 6.78. The van der Waals surface area contributed by atoms with Crippen molar-refractivity contribution in [3.8, 4) is 5.75 Å². The fourth-order valence-corrected chi connectivity index (χ4v) is 3.46. The molecule has 1 aliphatic heterocycles. The standard InChI is InChI=1S/C22H26N4O4.BrH/c1-12-6-7-13-10-26(20(23)18(13)24-12)11-17(27)14-8-15(22(2,3)4)19(28)16(9-14)25(5)21(29)30;/h6-9,23,28H,10-11H2,1-5H3,(H,29,30);1H. The molecular formula is C22H27BrN4O4. The monoisotopic (exact) mass is 490 g/mol. The molecule has 8 nitrogen and oxygen atoms in total. The van der Waals surface area contributed by atoms with E-state index in [1.54, 1.807) is 11.0 Å². The number of nitrogens with zero attached hydrogens (tertiary/aromatic N) is 3. The lowest BCUT2D eigenvalue weighted by molar-refractivity contribution is 0.0962. The number of aromatic hydroxyl groups is 1. The molecule has 3 rings (SSSR count). The SMILES string of the molecule is Br.Cc1ccc2c(n1)C(=N)N(CC(=O)c1cc(N(C)C(=O)O)c(O)c(C(C)(C)C)c1)C2. The van der Waals surface area contributed by atoms with E-state index in [-0.39, 0.29) is 52.1 Å². The summed E-state index contributed by atoms with van der Waals surface area (Å²) in [5.41, 5.74) is 2.59. The lowest BCUT2D eigenvalue weighted by atomic mass is 9.84. The van der Waals surface area contributed by atoms with Crippen molar-refractivity contribution in [1.82, 2.24) is 9.88 Å². The first-order valence-electron chi connectivity index (χ1n) is 9.58. The second-order valence-electron chi connectivity index (χ2n) is 8.57. The van der Waals surface area contributed by atoms with E-state index >= 15 is 0 Å². The van der Waals surface area contributed by atoms with E-state index < -0.39 is 11.5 Å². The molecule has 0 bridgehead atoms. The highest BCUT2D eigenvalue weighted by atomic mass is 79.9. The van der Waals surface area contributed by atoms with Crippen molar-refractivity contribution in [2.75, 3.05) is 18.5 Å². The minimum atomic E-state index is -1.24. The molecule has 166 valence electrons. The van der Waals surface area contributed by atoms with Gasteiger partial charge in [-0.15, -0.1) is 17.0 Å². The Morgan fingerprint density at radius 2 is 1.90 bits per heavy atom. The number of amidine groups is 1. The van der Waals surface area contributed by atoms with Gasteiger partial charge in [0.1, 0.15) is 17.3 Å². The number of carbonyl (C=O) groups is 2. The van der Waals surface area contributed by atoms with Crippen LogP contribution >= 0.6 is 17.0 Å². The lowest BCUT2D eigenvalue weighted by Crippen LogP contribution is -2.31. The van der Waals surface area contributed by atoms with Crippen LogP contribution in [0.2, 0.25) is 0 Å². The van der Waals surface area contributed by atoms with Crippen molar-refractivity contribution in [3.05, 3.63) is 52.3 Å². The predicted octanol–water partition coefficient (Wildman–Crippen LogP) is 4.11. The van der Waals surface area contributed by atoms with E-state index in [4.69, 9.17) is 5.41 Å². The van der Waals surface area contributed by atoms with E-state index in [0.29, 0.717) is 17.8 Å². The number of phenolic OH excluding ortho intramolecular Hbond substituents is 1. The number of nitrogens with one attached hydrogen (secondary N) is 1. The second-order valence-corrected chi connectivity index (χ2v) is 8.57. The van der Waals surface area contributed by atoms with Crippen LogP contribution in [-0.4, -0.2) is 51.4 Å². The van der Waals surface area contributed by atoms with Gasteiger partial charge >= 0.3 is 6.09 Å². The van der Waals surface area contributed by atoms with E-state index in [1.807, 2.05) is 39.8 Å². The summed E-state index contributed by atoms with van der Waals surface area (Å²) >= 11 is 0. The van der Waals surface area contributed by atoms with Gasteiger partial charge in [-0.3, -0.25) is 15.1 Å². The number of anilines is 1. The van der Waals surface area contributed by atoms with Gasteiger partial charge in [0.2, 0.25) is 0 Å². The number of fused-ring (bicyclic) bond motifs is 1. The molecule has 0 fully saturated rings. The molecule has 1 aromatic heterocycles. The highest BCUT2D eigenvalue weighted by Crippen LogP contribution is 2.39. The number of ketones is 1. The number of aromatic nitrogens is 1. The minimum absolute atomic E-state index is 0. The van der Waals surface area contributed by atoms with Crippen LogP contribution in [0.1, 0.15) is 53.6 Å². The van der Waals surface area contributed by atoms with Gasteiger partial charge in [-0.1, -0.05) is 26.8 Å². The molecule has 3 N–H and O–H groups in total. The third-order valence-corrected chi connectivity index (χ3v) is 5.22. The maximum Gasteiger partial charge on any atom is 0.411 e. The van der Waals surface area contributed by atoms with Crippen molar-refractivity contribution in [2.45, 2.75) is 39.7 Å². The van der Waals surface area contributed by atoms with Gasteiger partial charge in [0.25, 0.3) is 0 Å². The largest absolute Gasteiger partial charge is 0.505 e. The fraction of sp³-hybridized carbons (Fsp3) is 0.364. The summed E-state index contributed by atoms with van der Waals surface area (Å²) in [5.74, 6) is -0.237. The maximum absolute atomic E-state index is 13.1. The summed E-state index contributed by atoms with van der Waals surface area (Å²) in [6.45, 7) is 7.86. The van der Waals surface area contributed by atoms with E-state index in [0.717, 1.165) is 16.2 Å². The molecule has 31 heavy (non-hydrogen) atoms. The Morgan fingerprint density at radius 3 is 2.48 bits per heavy atom. The number of Topliss-reactive ketones (excluding diaryl/α,β-unsaturated/α-hetero) is 1. The lowest BCUT2D eigenvalue weighted by Gasteiger charge is -2.26. The molecule has 9 heteroatoms. The number of amides is 1. The zero-order valence-electron chi connectivity index (χ0n) is 18.2. The summed E-state index contributed by atoms with van der Waals surface area (Å²) < 4.78 is 0. The summed E-state index contributed by atoms with van der Waals surface area (Å²) in [6.07, 6.45) is -1.24. The van der Waals surface area contributed by atoms with Crippen molar-refractivity contribution in [1.29, 1.82) is 5.41 Å². The van der Waals surface area contributed by atoms with Crippen LogP contribution in [0.15, 0.2) is 24.3 Å². The van der Waals surface area contributed by atoms with Gasteiger partial charge in [0.15, 0.2) is 5.78 Å². The molecule has 0 spiro atoms. The Bertz CT molecular complexity index is 1060. The van der Waals surface area contributed by atoms with Crippen LogP contribution in [0.25, 0.3) is 0 Å². The first kappa shape index (κ1) is 24.3. The Kier molecular flexibility index (Phi) is 6.80. The van der Waals surface area contributed by atoms with Crippen LogP contribution in [0.4, 0.5) is 10.5 Å². The highest BCUT2D eigenvalue weighted by Gasteiger charge is 2.30. The van der Waals surface area contributed by atoms with Gasteiger partial charge in [-0.05, 0) is 30.5 Å². The van der Waals surface area contributed by atoms with Gasteiger partial charge in [-0.25, -0.2) is 9.78 Å². The number of halogens is 1. The van der Waals surface area contributed by atoms with Crippen LogP contribution in [0, 0.1) is 12.3 Å². The quantitative estimate of drug-likeness (QED) is 0.555. The van der Waals surface area contributed by atoms with Gasteiger partial charge in [0, 0.05) is 36.0 Å². The van der Waals surface area contributed by atoms with Crippen LogP contribution in [-0.2, 0) is 12.0 Å². The summed E-state index contributed by atoms with van der Waals surface area (Å²) in [4.78, 5) is 31.5. The van der Waals surface area contributed by atoms with Crippen LogP contribution in [0.3, 0.4) is 0 Å². The van der Waals surface area contributed by atoms with Gasteiger partial charge in [-0.2, -0.15) is 0 Å². The number of hydrogen-bond donors (Lipinski definition) is 3. The van der Waals surface area contributed by atoms with Crippen molar-refractivity contribution < 1.29 is 19.8 Å². The Morgan fingerprint density at radius 1 is 1.26 bits per heavy atom. The average Bonchev–Trinajstić information content (AvgIpc) is 2.95. The minimum Gasteiger partial charge on any atom is -0.505 e. The summed E-state index contributed by atoms with van der Waals surface area (Å²) in [5, 5.41) is 28.4. The number of pyridine rings is 1. The molecule has 0 unspecified atom stereocenters. The van der Waals surface area contributed by atoms with Crippen molar-refractivity contribution in [3.63, 3.8) is 0 Å². The topological polar surface area (TPSA) is 118 Å². The first-order valence-corrected chi connectivity index (χ1v) is 9.58. The zero-order chi connectivity index (χ0) is 22.4. The second kappa shape index (κ2) is 8.66. The number of rotatable bonds is 4. The molecule has 0 aliphatic carbocycles. The fourth-order valence-electron chi connectivity index (χ4n) is 3.46. The molecule has 1 aromatic carbocycles. The van der Waals surface area contributed by atoms with Crippen molar-refractivity contribution in [2.24, 2.45) is 0 Å². The Hall–Kier alpha value is -2.94. The first-order chi connectivity index (χ1) is 13.9. The number of carboxylic acid groups (broad SMARTS) is 1. The summed E-state index contributed by atoms with van der Waals surface area (Å²) in [7, 11) is 1.32. The predicted molar refractivity (Wildman–Crippen MR) is 124 cm³/mol. The number of carbonyl (C=O) groups excluding carboxylic acids is 1. The normalized spacial score (nSPS) is 12.9. The number of phenols is 1.